The molecule has 0 aromatic heterocycles. The van der Waals surface area contributed by atoms with E-state index in [1.807, 2.05) is 6.07 Å². The minimum atomic E-state index is -3.12. The van der Waals surface area contributed by atoms with Crippen LogP contribution < -0.4 is 0 Å². The molecule has 92 valence electrons. The molecule has 0 amide bonds. The van der Waals surface area contributed by atoms with Gasteiger partial charge in [0.1, 0.15) is 0 Å². The Morgan fingerprint density at radius 2 is 2.06 bits per heavy atom. The highest BCUT2D eigenvalue weighted by Crippen LogP contribution is 2.29. The van der Waals surface area contributed by atoms with Crippen LogP contribution in [0.25, 0.3) is 0 Å². The minimum Gasteiger partial charge on any atom is -0.478 e. The zero-order chi connectivity index (χ0) is 12.6. The van der Waals surface area contributed by atoms with Gasteiger partial charge in [0, 0.05) is 19.0 Å². The van der Waals surface area contributed by atoms with Crippen LogP contribution in [0.5, 0.6) is 0 Å². The van der Waals surface area contributed by atoms with E-state index in [0.29, 0.717) is 13.1 Å². The molecule has 5 nitrogen and oxygen atoms in total. The van der Waals surface area contributed by atoms with E-state index >= 15 is 0 Å². The Morgan fingerprint density at radius 3 is 2.59 bits per heavy atom. The third kappa shape index (κ3) is 2.48. The van der Waals surface area contributed by atoms with Crippen LogP contribution in [0.3, 0.4) is 0 Å². The first-order valence-electron chi connectivity index (χ1n) is 5.16. The van der Waals surface area contributed by atoms with Crippen molar-refractivity contribution in [3.63, 3.8) is 0 Å². The summed E-state index contributed by atoms with van der Waals surface area (Å²) in [6.07, 6.45) is 1.18. The van der Waals surface area contributed by atoms with Gasteiger partial charge in [-0.05, 0) is 17.7 Å². The van der Waals surface area contributed by atoms with Crippen LogP contribution in [0.1, 0.15) is 21.8 Å². The molecule has 0 spiro atoms. The molecule has 6 heteroatoms. The molecular weight excluding hydrogens is 242 g/mol. The van der Waals surface area contributed by atoms with Crippen molar-refractivity contribution in [2.75, 3.05) is 19.3 Å². The Morgan fingerprint density at radius 1 is 1.41 bits per heavy atom. The average Bonchev–Trinajstić information content (AvgIpc) is 2.13. The van der Waals surface area contributed by atoms with Gasteiger partial charge in [-0.25, -0.2) is 17.5 Å². The number of carboxylic acid groups (broad SMARTS) is 1. The maximum absolute atomic E-state index is 11.2. The number of hydrogen-bond acceptors (Lipinski definition) is 3. The first kappa shape index (κ1) is 12.1. The van der Waals surface area contributed by atoms with E-state index in [0.717, 1.165) is 5.56 Å². The van der Waals surface area contributed by atoms with Gasteiger partial charge in [0.2, 0.25) is 10.0 Å². The zero-order valence-corrected chi connectivity index (χ0v) is 10.1. The summed E-state index contributed by atoms with van der Waals surface area (Å²) in [6.45, 7) is 0.865. The molecule has 1 aliphatic rings. The quantitative estimate of drug-likeness (QED) is 0.864. The number of carboxylic acids is 1. The largest absolute Gasteiger partial charge is 0.478 e. The Labute approximate surface area is 99.7 Å². The summed E-state index contributed by atoms with van der Waals surface area (Å²) in [7, 11) is -3.12. The molecule has 0 bridgehead atoms. The number of carbonyl (C=O) groups is 1. The predicted octanol–water partition coefficient (Wildman–Crippen LogP) is 0.744. The van der Waals surface area contributed by atoms with Gasteiger partial charge >= 0.3 is 5.97 Å². The SMILES string of the molecule is CS(=O)(=O)N1CC(c2cccc(C(=O)O)c2)C1. The van der Waals surface area contributed by atoms with Crippen molar-refractivity contribution in [3.8, 4) is 0 Å². The zero-order valence-electron chi connectivity index (χ0n) is 9.33. The molecule has 1 saturated heterocycles. The lowest BCUT2D eigenvalue weighted by Gasteiger charge is -2.37. The summed E-state index contributed by atoms with van der Waals surface area (Å²) in [5.74, 6) is -0.866. The molecule has 0 radical (unpaired) electrons. The highest BCUT2D eigenvalue weighted by molar-refractivity contribution is 7.88. The van der Waals surface area contributed by atoms with Gasteiger partial charge in [0.25, 0.3) is 0 Å². The van der Waals surface area contributed by atoms with Crippen LogP contribution in [0.2, 0.25) is 0 Å². The number of hydrogen-bond donors (Lipinski definition) is 1. The molecule has 1 heterocycles. The molecule has 2 rings (SSSR count). The predicted molar refractivity (Wildman–Crippen MR) is 62.6 cm³/mol. The molecule has 1 fully saturated rings. The average molecular weight is 255 g/mol. The van der Waals surface area contributed by atoms with Crippen LogP contribution in [0.4, 0.5) is 0 Å². The molecule has 0 saturated carbocycles. The van der Waals surface area contributed by atoms with E-state index in [-0.39, 0.29) is 11.5 Å². The second-order valence-electron chi connectivity index (χ2n) is 4.21. The Bertz CT molecular complexity index is 546. The van der Waals surface area contributed by atoms with E-state index in [2.05, 4.69) is 0 Å². The fourth-order valence-corrected chi connectivity index (χ4v) is 2.75. The van der Waals surface area contributed by atoms with Gasteiger partial charge in [0.15, 0.2) is 0 Å². The van der Waals surface area contributed by atoms with Crippen molar-refractivity contribution in [1.29, 1.82) is 0 Å². The Balaban J connectivity index is 2.12. The van der Waals surface area contributed by atoms with Gasteiger partial charge in [-0.1, -0.05) is 12.1 Å². The highest BCUT2D eigenvalue weighted by Gasteiger charge is 2.34. The van der Waals surface area contributed by atoms with E-state index in [1.54, 1.807) is 12.1 Å². The molecule has 0 aliphatic carbocycles. The van der Waals surface area contributed by atoms with Gasteiger partial charge < -0.3 is 5.11 Å². The minimum absolute atomic E-state index is 0.101. The monoisotopic (exact) mass is 255 g/mol. The third-order valence-electron chi connectivity index (χ3n) is 2.92. The van der Waals surface area contributed by atoms with Crippen molar-refractivity contribution in [2.45, 2.75) is 5.92 Å². The van der Waals surface area contributed by atoms with E-state index in [9.17, 15) is 13.2 Å². The lowest BCUT2D eigenvalue weighted by atomic mass is 9.92. The summed E-state index contributed by atoms with van der Waals surface area (Å²) >= 11 is 0. The van der Waals surface area contributed by atoms with E-state index < -0.39 is 16.0 Å². The van der Waals surface area contributed by atoms with Gasteiger partial charge in [-0.2, -0.15) is 0 Å². The number of rotatable bonds is 3. The van der Waals surface area contributed by atoms with Crippen LogP contribution in [-0.2, 0) is 10.0 Å². The van der Waals surface area contributed by atoms with Crippen molar-refractivity contribution in [3.05, 3.63) is 35.4 Å². The molecule has 0 unspecified atom stereocenters. The summed E-state index contributed by atoms with van der Waals surface area (Å²) in [5.41, 5.74) is 1.12. The summed E-state index contributed by atoms with van der Waals surface area (Å²) in [4.78, 5) is 10.8. The van der Waals surface area contributed by atoms with Crippen LogP contribution in [-0.4, -0.2) is 43.1 Å². The molecule has 1 aromatic rings. The summed E-state index contributed by atoms with van der Waals surface area (Å²) < 4.78 is 23.8. The smallest absolute Gasteiger partial charge is 0.335 e. The number of aromatic carboxylic acids is 1. The van der Waals surface area contributed by atoms with E-state index in [1.165, 1.54) is 16.6 Å². The van der Waals surface area contributed by atoms with Crippen LogP contribution >= 0.6 is 0 Å². The van der Waals surface area contributed by atoms with Gasteiger partial charge in [0.05, 0.1) is 11.8 Å². The maximum atomic E-state index is 11.2. The summed E-state index contributed by atoms with van der Waals surface area (Å²) in [5, 5.41) is 8.86. The Kier molecular flexibility index (Phi) is 2.92. The second kappa shape index (κ2) is 4.12. The van der Waals surface area contributed by atoms with Crippen molar-refractivity contribution in [2.24, 2.45) is 0 Å². The Hall–Kier alpha value is -1.40. The fourth-order valence-electron chi connectivity index (χ4n) is 1.85. The summed E-state index contributed by atoms with van der Waals surface area (Å²) in [6, 6.07) is 6.64. The normalized spacial score (nSPS) is 17.7. The number of sulfonamides is 1. The first-order valence-corrected chi connectivity index (χ1v) is 7.01. The molecule has 17 heavy (non-hydrogen) atoms. The molecule has 1 N–H and O–H groups in total. The van der Waals surface area contributed by atoms with E-state index in [4.69, 9.17) is 5.11 Å². The lowest BCUT2D eigenvalue weighted by molar-refractivity contribution is 0.0696. The standard InChI is InChI=1S/C11H13NO4S/c1-17(15,16)12-6-10(7-12)8-3-2-4-9(5-8)11(13)14/h2-5,10H,6-7H2,1H3,(H,13,14). The first-order chi connectivity index (χ1) is 7.88. The lowest BCUT2D eigenvalue weighted by Crippen LogP contribution is -2.47. The highest BCUT2D eigenvalue weighted by atomic mass is 32.2. The fraction of sp³-hybridized carbons (Fsp3) is 0.364. The van der Waals surface area contributed by atoms with Crippen LogP contribution in [0, 0.1) is 0 Å². The molecular formula is C11H13NO4S. The molecule has 0 atom stereocenters. The maximum Gasteiger partial charge on any atom is 0.335 e. The number of benzene rings is 1. The van der Waals surface area contributed by atoms with Crippen LogP contribution in [0.15, 0.2) is 24.3 Å². The van der Waals surface area contributed by atoms with Gasteiger partial charge in [-0.3, -0.25) is 0 Å². The van der Waals surface area contributed by atoms with Crippen molar-refractivity contribution >= 4 is 16.0 Å². The second-order valence-corrected chi connectivity index (χ2v) is 6.19. The number of nitrogens with zero attached hydrogens (tertiary/aromatic N) is 1. The molecule has 1 aliphatic heterocycles. The molecule has 1 aromatic carbocycles. The van der Waals surface area contributed by atoms with Crippen molar-refractivity contribution < 1.29 is 18.3 Å². The van der Waals surface area contributed by atoms with Crippen molar-refractivity contribution in [1.82, 2.24) is 4.31 Å². The topological polar surface area (TPSA) is 74.7 Å². The third-order valence-corrected chi connectivity index (χ3v) is 4.16. The van der Waals surface area contributed by atoms with Gasteiger partial charge in [-0.15, -0.1) is 0 Å².